The number of amides is 1. The van der Waals surface area contributed by atoms with Gasteiger partial charge in [-0.2, -0.15) is 13.2 Å². The van der Waals surface area contributed by atoms with Crippen LogP contribution in [0, 0.1) is 17.5 Å². The summed E-state index contributed by atoms with van der Waals surface area (Å²) in [6, 6.07) is 5.46. The van der Waals surface area contributed by atoms with Gasteiger partial charge in [-0.1, -0.05) is 6.07 Å². The Kier molecular flexibility index (Phi) is 5.13. The fraction of sp³-hybridized carbons (Fsp3) is 0.0526. The third-order valence-corrected chi connectivity index (χ3v) is 6.26. The lowest BCUT2D eigenvalue weighted by atomic mass is 10.1. The number of benzene rings is 1. The molecule has 0 fully saturated rings. The maximum Gasteiger partial charge on any atom is 0.417 e. The standard InChI is InChI=1S/C19H9F6N3OS2/c20-8-3-4-9(14(22)13(8)21)27-17(29)16-15(26)12-7(19(23,24)25)6-10(28-18(12)31-16)11-2-1-5-30-11/h1-6H,26H2,(H,27,29). The highest BCUT2D eigenvalue weighted by Gasteiger charge is 2.36. The molecule has 3 N–H and O–H groups in total. The van der Waals surface area contributed by atoms with E-state index in [0.29, 0.717) is 22.3 Å². The van der Waals surface area contributed by atoms with Crippen LogP contribution in [0.15, 0.2) is 35.7 Å². The molecule has 0 aliphatic rings. The van der Waals surface area contributed by atoms with Gasteiger partial charge >= 0.3 is 6.18 Å². The van der Waals surface area contributed by atoms with E-state index in [1.165, 1.54) is 11.3 Å². The first-order chi connectivity index (χ1) is 14.6. The molecule has 4 rings (SSSR count). The molecule has 0 atom stereocenters. The summed E-state index contributed by atoms with van der Waals surface area (Å²) in [5, 5.41) is 3.21. The lowest BCUT2D eigenvalue weighted by Crippen LogP contribution is -2.14. The first kappa shape index (κ1) is 21.1. The zero-order valence-corrected chi connectivity index (χ0v) is 16.6. The number of nitrogens with two attached hydrogens (primary N) is 1. The number of alkyl halides is 3. The predicted molar refractivity (Wildman–Crippen MR) is 107 cm³/mol. The lowest BCUT2D eigenvalue weighted by molar-refractivity contribution is -0.136. The van der Waals surface area contributed by atoms with Gasteiger partial charge < -0.3 is 11.1 Å². The molecule has 0 radical (unpaired) electrons. The molecule has 1 aromatic carbocycles. The van der Waals surface area contributed by atoms with Gasteiger partial charge in [0.15, 0.2) is 17.5 Å². The highest BCUT2D eigenvalue weighted by molar-refractivity contribution is 7.21. The van der Waals surface area contributed by atoms with Crippen LogP contribution in [-0.2, 0) is 6.18 Å². The van der Waals surface area contributed by atoms with Crippen LogP contribution in [0.1, 0.15) is 15.2 Å². The summed E-state index contributed by atoms with van der Waals surface area (Å²) < 4.78 is 81.5. The topological polar surface area (TPSA) is 68.0 Å². The van der Waals surface area contributed by atoms with Crippen LogP contribution >= 0.6 is 22.7 Å². The average molecular weight is 473 g/mol. The molecule has 0 spiro atoms. The van der Waals surface area contributed by atoms with Gasteiger partial charge in [0, 0.05) is 5.39 Å². The Hall–Kier alpha value is -3.12. The molecule has 31 heavy (non-hydrogen) atoms. The SMILES string of the molecule is Nc1c(C(=O)Nc2ccc(F)c(F)c2F)sc2nc(-c3cccs3)cc(C(F)(F)F)c12. The highest BCUT2D eigenvalue weighted by atomic mass is 32.1. The fourth-order valence-corrected chi connectivity index (χ4v) is 4.57. The highest BCUT2D eigenvalue weighted by Crippen LogP contribution is 2.44. The minimum atomic E-state index is -4.79. The van der Waals surface area contributed by atoms with Crippen molar-refractivity contribution >= 4 is 50.2 Å². The van der Waals surface area contributed by atoms with Crippen molar-refractivity contribution in [3.8, 4) is 10.6 Å². The molecule has 0 aliphatic heterocycles. The van der Waals surface area contributed by atoms with Gasteiger partial charge in [-0.15, -0.1) is 22.7 Å². The molecule has 0 bridgehead atoms. The number of nitrogen functional groups attached to an aromatic ring is 1. The van der Waals surface area contributed by atoms with E-state index in [4.69, 9.17) is 5.73 Å². The Morgan fingerprint density at radius 3 is 2.48 bits per heavy atom. The van der Waals surface area contributed by atoms with Crippen molar-refractivity contribution in [2.24, 2.45) is 0 Å². The van der Waals surface area contributed by atoms with Gasteiger partial charge in [-0.25, -0.2) is 18.2 Å². The summed E-state index contributed by atoms with van der Waals surface area (Å²) in [5.41, 5.74) is 3.62. The second kappa shape index (κ2) is 7.54. The van der Waals surface area contributed by atoms with Gasteiger partial charge in [0.25, 0.3) is 5.91 Å². The number of nitrogens with one attached hydrogen (secondary N) is 1. The smallest absolute Gasteiger partial charge is 0.397 e. The lowest BCUT2D eigenvalue weighted by Gasteiger charge is -2.10. The number of pyridine rings is 1. The van der Waals surface area contributed by atoms with E-state index >= 15 is 0 Å². The zero-order chi connectivity index (χ0) is 22.5. The Balaban J connectivity index is 1.83. The summed E-state index contributed by atoms with van der Waals surface area (Å²) in [6.45, 7) is 0. The number of carbonyl (C=O) groups excluding carboxylic acids is 1. The number of halogens is 6. The van der Waals surface area contributed by atoms with Crippen LogP contribution in [-0.4, -0.2) is 10.9 Å². The largest absolute Gasteiger partial charge is 0.417 e. The third-order valence-electron chi connectivity index (χ3n) is 4.27. The maximum atomic E-state index is 13.9. The van der Waals surface area contributed by atoms with E-state index < -0.39 is 51.9 Å². The minimum Gasteiger partial charge on any atom is -0.397 e. The van der Waals surface area contributed by atoms with Gasteiger partial charge in [0.2, 0.25) is 0 Å². The molecule has 3 heterocycles. The van der Waals surface area contributed by atoms with Crippen LogP contribution in [0.4, 0.5) is 37.7 Å². The van der Waals surface area contributed by atoms with E-state index in [1.807, 2.05) is 5.32 Å². The summed E-state index contributed by atoms with van der Waals surface area (Å²) in [6.07, 6.45) is -4.79. The summed E-state index contributed by atoms with van der Waals surface area (Å²) >= 11 is 1.76. The number of hydrogen-bond donors (Lipinski definition) is 2. The number of carbonyl (C=O) groups is 1. The van der Waals surface area contributed by atoms with Crippen LogP contribution in [0.3, 0.4) is 0 Å². The Bertz CT molecular complexity index is 1310. The van der Waals surface area contributed by atoms with Gasteiger partial charge in [0.05, 0.1) is 27.5 Å². The minimum absolute atomic E-state index is 0.0506. The van der Waals surface area contributed by atoms with Crippen molar-refractivity contribution in [3.05, 3.63) is 63.6 Å². The van der Waals surface area contributed by atoms with Crippen LogP contribution in [0.2, 0.25) is 0 Å². The average Bonchev–Trinajstić information content (AvgIpc) is 3.35. The van der Waals surface area contributed by atoms with E-state index in [-0.39, 0.29) is 15.4 Å². The number of nitrogens with zero attached hydrogens (tertiary/aromatic N) is 1. The summed E-state index contributed by atoms with van der Waals surface area (Å²) in [4.78, 5) is 16.7. The quantitative estimate of drug-likeness (QED) is 0.271. The monoisotopic (exact) mass is 473 g/mol. The molecular formula is C19H9F6N3OS2. The Morgan fingerprint density at radius 2 is 1.84 bits per heavy atom. The van der Waals surface area contributed by atoms with E-state index in [1.54, 1.807) is 17.5 Å². The second-order valence-electron chi connectivity index (χ2n) is 6.23. The number of fused-ring (bicyclic) bond motifs is 1. The first-order valence-corrected chi connectivity index (χ1v) is 10.1. The first-order valence-electron chi connectivity index (χ1n) is 8.37. The number of aromatic nitrogens is 1. The van der Waals surface area contributed by atoms with Crippen molar-refractivity contribution in [1.82, 2.24) is 4.98 Å². The van der Waals surface area contributed by atoms with Crippen molar-refractivity contribution in [1.29, 1.82) is 0 Å². The zero-order valence-electron chi connectivity index (χ0n) is 15.0. The molecule has 4 aromatic rings. The summed E-state index contributed by atoms with van der Waals surface area (Å²) in [5.74, 6) is -6.00. The number of thiophene rings is 2. The Labute approximate surface area is 178 Å². The van der Waals surface area contributed by atoms with E-state index in [9.17, 15) is 31.1 Å². The fourth-order valence-electron chi connectivity index (χ4n) is 2.87. The molecule has 12 heteroatoms. The van der Waals surface area contributed by atoms with Crippen molar-refractivity contribution in [2.75, 3.05) is 11.1 Å². The third kappa shape index (κ3) is 3.72. The molecule has 0 saturated heterocycles. The molecule has 4 nitrogen and oxygen atoms in total. The van der Waals surface area contributed by atoms with E-state index in [0.717, 1.165) is 12.1 Å². The molecular weight excluding hydrogens is 464 g/mol. The number of hydrogen-bond acceptors (Lipinski definition) is 5. The predicted octanol–water partition coefficient (Wildman–Crippen LogP) is 6.30. The molecule has 0 saturated carbocycles. The Morgan fingerprint density at radius 1 is 1.10 bits per heavy atom. The van der Waals surface area contributed by atoms with Crippen LogP contribution < -0.4 is 11.1 Å². The number of rotatable bonds is 3. The molecule has 160 valence electrons. The second-order valence-corrected chi connectivity index (χ2v) is 8.18. The van der Waals surface area contributed by atoms with Crippen molar-refractivity contribution < 1.29 is 31.1 Å². The van der Waals surface area contributed by atoms with E-state index in [2.05, 4.69) is 4.98 Å². The molecule has 1 amide bonds. The molecule has 0 unspecified atom stereocenters. The van der Waals surface area contributed by atoms with Crippen LogP contribution in [0.25, 0.3) is 20.8 Å². The van der Waals surface area contributed by atoms with Gasteiger partial charge in [-0.3, -0.25) is 4.79 Å². The van der Waals surface area contributed by atoms with Gasteiger partial charge in [-0.05, 0) is 29.6 Å². The van der Waals surface area contributed by atoms with Crippen molar-refractivity contribution in [2.45, 2.75) is 6.18 Å². The molecule has 0 aliphatic carbocycles. The molecule has 3 aromatic heterocycles. The van der Waals surface area contributed by atoms with Crippen LogP contribution in [0.5, 0.6) is 0 Å². The van der Waals surface area contributed by atoms with Gasteiger partial charge in [0.1, 0.15) is 9.71 Å². The maximum absolute atomic E-state index is 13.9. The van der Waals surface area contributed by atoms with Crippen molar-refractivity contribution in [3.63, 3.8) is 0 Å². The summed E-state index contributed by atoms with van der Waals surface area (Å²) in [7, 11) is 0. The normalized spacial score (nSPS) is 11.8. The number of anilines is 2.